The lowest BCUT2D eigenvalue weighted by Gasteiger charge is -2.12. The largest absolute Gasteiger partial charge is 0.322 e. The van der Waals surface area contributed by atoms with Crippen molar-refractivity contribution in [2.45, 2.75) is 17.1 Å². The molecule has 0 aliphatic carbocycles. The van der Waals surface area contributed by atoms with Crippen LogP contribution in [0.2, 0.25) is 10.0 Å². The Morgan fingerprint density at radius 1 is 1.05 bits per heavy atom. The number of carbonyl (C=O) groups excluding carboxylic acids is 2. The molecule has 0 saturated carbocycles. The topological polar surface area (TPSA) is 114 Å². The number of thiazole rings is 1. The number of anilines is 2. The molecule has 188 valence electrons. The van der Waals surface area contributed by atoms with Crippen molar-refractivity contribution in [1.82, 2.24) is 4.98 Å². The maximum absolute atomic E-state index is 12.8. The molecule has 1 heterocycles. The highest BCUT2D eigenvalue weighted by atomic mass is 35.5. The van der Waals surface area contributed by atoms with Gasteiger partial charge in [-0.2, -0.15) is 0 Å². The minimum absolute atomic E-state index is 0.0317. The van der Waals surface area contributed by atoms with Crippen LogP contribution < -0.4 is 10.6 Å². The summed E-state index contributed by atoms with van der Waals surface area (Å²) in [5, 5.41) is 18.9. The lowest BCUT2D eigenvalue weighted by molar-refractivity contribution is -0.384. The molecule has 0 radical (unpaired) electrons. The van der Waals surface area contributed by atoms with Crippen molar-refractivity contribution in [1.29, 1.82) is 0 Å². The third kappa shape index (κ3) is 6.86. The average Bonchev–Trinajstić information content (AvgIpc) is 3.32. The first-order valence-electron chi connectivity index (χ1n) is 10.7. The summed E-state index contributed by atoms with van der Waals surface area (Å²) in [6.07, 6.45) is 0. The van der Waals surface area contributed by atoms with Gasteiger partial charge >= 0.3 is 0 Å². The fourth-order valence-corrected chi connectivity index (χ4v) is 5.37. The van der Waals surface area contributed by atoms with Crippen molar-refractivity contribution in [2.24, 2.45) is 0 Å². The van der Waals surface area contributed by atoms with E-state index in [-0.39, 0.29) is 22.5 Å². The number of nitro groups is 1. The number of halogens is 2. The van der Waals surface area contributed by atoms with Crippen LogP contribution in [0, 0.1) is 10.1 Å². The minimum atomic E-state index is -0.471. The molecule has 12 heteroatoms. The molecular weight excluding hydrogens is 555 g/mol. The van der Waals surface area contributed by atoms with Crippen molar-refractivity contribution >= 4 is 74.6 Å². The second kappa shape index (κ2) is 11.7. The van der Waals surface area contributed by atoms with Crippen molar-refractivity contribution < 1.29 is 14.5 Å². The molecule has 37 heavy (non-hydrogen) atoms. The highest BCUT2D eigenvalue weighted by molar-refractivity contribution is 8.00. The second-order valence-corrected chi connectivity index (χ2v) is 10.8. The molecule has 2 N–H and O–H groups in total. The van der Waals surface area contributed by atoms with Crippen LogP contribution in [0.5, 0.6) is 0 Å². The molecule has 4 rings (SSSR count). The van der Waals surface area contributed by atoms with E-state index in [1.54, 1.807) is 54.8 Å². The van der Waals surface area contributed by atoms with E-state index >= 15 is 0 Å². The summed E-state index contributed by atoms with van der Waals surface area (Å²) in [6, 6.07) is 17.9. The molecule has 4 aromatic rings. The van der Waals surface area contributed by atoms with Gasteiger partial charge < -0.3 is 10.6 Å². The van der Waals surface area contributed by atoms with Crippen LogP contribution in [-0.4, -0.2) is 27.0 Å². The Hall–Kier alpha value is -3.44. The Labute approximate surface area is 230 Å². The fraction of sp³-hybridized carbons (Fsp3) is 0.0800. The normalized spacial score (nSPS) is 11.5. The van der Waals surface area contributed by atoms with E-state index in [9.17, 15) is 19.7 Å². The summed E-state index contributed by atoms with van der Waals surface area (Å²) < 4.78 is 0. The van der Waals surface area contributed by atoms with Crippen molar-refractivity contribution in [3.8, 4) is 11.3 Å². The van der Waals surface area contributed by atoms with Crippen LogP contribution in [0.4, 0.5) is 16.5 Å². The molecule has 3 aromatic carbocycles. The molecule has 0 bridgehead atoms. The van der Waals surface area contributed by atoms with Crippen molar-refractivity contribution in [3.05, 3.63) is 97.8 Å². The quantitative estimate of drug-likeness (QED) is 0.129. The Morgan fingerprint density at radius 3 is 2.59 bits per heavy atom. The zero-order valence-electron chi connectivity index (χ0n) is 19.1. The van der Waals surface area contributed by atoms with Gasteiger partial charge in [0.1, 0.15) is 0 Å². The van der Waals surface area contributed by atoms with Crippen LogP contribution in [0.1, 0.15) is 17.3 Å². The number of nitrogens with one attached hydrogen (secondary N) is 2. The lowest BCUT2D eigenvalue weighted by atomic mass is 10.1. The first-order chi connectivity index (χ1) is 17.7. The van der Waals surface area contributed by atoms with Crippen molar-refractivity contribution in [3.63, 3.8) is 0 Å². The highest BCUT2D eigenvalue weighted by Gasteiger charge is 2.18. The van der Waals surface area contributed by atoms with E-state index in [0.29, 0.717) is 32.7 Å². The minimum Gasteiger partial charge on any atom is -0.322 e. The van der Waals surface area contributed by atoms with Gasteiger partial charge in [0, 0.05) is 38.7 Å². The molecule has 2 amide bonds. The first kappa shape index (κ1) is 26.6. The van der Waals surface area contributed by atoms with Gasteiger partial charge in [-0.15, -0.1) is 23.1 Å². The van der Waals surface area contributed by atoms with Gasteiger partial charge in [-0.05, 0) is 43.3 Å². The molecule has 0 aliphatic heterocycles. The summed E-state index contributed by atoms with van der Waals surface area (Å²) in [4.78, 5) is 41.1. The number of hydrogen-bond donors (Lipinski definition) is 2. The molecular formula is C25H18Cl2N4O4S2. The average molecular weight is 573 g/mol. The molecule has 0 saturated heterocycles. The van der Waals surface area contributed by atoms with Crippen LogP contribution in [0.15, 0.2) is 77.0 Å². The Kier molecular flexibility index (Phi) is 8.45. The number of hydrogen-bond acceptors (Lipinski definition) is 7. The van der Waals surface area contributed by atoms with Gasteiger partial charge in [-0.3, -0.25) is 19.7 Å². The van der Waals surface area contributed by atoms with E-state index in [0.717, 1.165) is 4.90 Å². The number of nitrogens with zero attached hydrogens (tertiary/aromatic N) is 2. The zero-order chi connectivity index (χ0) is 26.5. The Balaban J connectivity index is 1.38. The van der Waals surface area contributed by atoms with E-state index in [2.05, 4.69) is 15.6 Å². The zero-order valence-corrected chi connectivity index (χ0v) is 22.3. The summed E-state index contributed by atoms with van der Waals surface area (Å²) in [7, 11) is 0. The standard InChI is InChI=1S/C25H18Cl2N4O4S2/c1-14(23(32)30-25-29-22(13-36-25)15-4-2-6-18(10-15)31(34)35)37-19-7-3-5-17(12-19)28-24(33)20-9-8-16(26)11-21(20)27/h2-14H,1H3,(H,28,33)(H,29,30,32). The number of amides is 2. The molecule has 0 aliphatic rings. The summed E-state index contributed by atoms with van der Waals surface area (Å²) >= 11 is 14.6. The maximum atomic E-state index is 12.8. The van der Waals surface area contributed by atoms with Gasteiger partial charge in [0.05, 0.1) is 26.5 Å². The van der Waals surface area contributed by atoms with Crippen LogP contribution in [-0.2, 0) is 4.79 Å². The smallest absolute Gasteiger partial charge is 0.270 e. The number of aromatic nitrogens is 1. The fourth-order valence-electron chi connectivity index (χ4n) is 3.23. The monoisotopic (exact) mass is 572 g/mol. The lowest BCUT2D eigenvalue weighted by Crippen LogP contribution is -2.22. The van der Waals surface area contributed by atoms with E-state index in [1.807, 2.05) is 6.07 Å². The Morgan fingerprint density at radius 2 is 1.84 bits per heavy atom. The molecule has 0 fully saturated rings. The van der Waals surface area contributed by atoms with Gasteiger partial charge in [0.15, 0.2) is 5.13 Å². The maximum Gasteiger partial charge on any atom is 0.270 e. The summed E-state index contributed by atoms with van der Waals surface area (Å²) in [5.74, 6) is -0.634. The number of thioether (sulfide) groups is 1. The number of rotatable bonds is 8. The molecule has 8 nitrogen and oxygen atoms in total. The number of benzene rings is 3. The van der Waals surface area contributed by atoms with E-state index in [4.69, 9.17) is 23.2 Å². The summed E-state index contributed by atoms with van der Waals surface area (Å²) in [5.41, 5.74) is 1.94. The molecule has 0 spiro atoms. The molecule has 1 unspecified atom stereocenters. The van der Waals surface area contributed by atoms with Crippen LogP contribution in [0.3, 0.4) is 0 Å². The predicted octanol–water partition coefficient (Wildman–Crippen LogP) is 7.40. The number of carbonyl (C=O) groups is 2. The molecule has 1 aromatic heterocycles. The first-order valence-corrected chi connectivity index (χ1v) is 13.3. The molecule has 1 atom stereocenters. The SMILES string of the molecule is CC(Sc1cccc(NC(=O)c2ccc(Cl)cc2Cl)c1)C(=O)Nc1nc(-c2cccc([N+](=O)[O-])c2)cs1. The van der Waals surface area contributed by atoms with Gasteiger partial charge in [-0.1, -0.05) is 41.4 Å². The highest BCUT2D eigenvalue weighted by Crippen LogP contribution is 2.30. The van der Waals surface area contributed by atoms with Crippen molar-refractivity contribution in [2.75, 3.05) is 10.6 Å². The number of nitro benzene ring substituents is 1. The predicted molar refractivity (Wildman–Crippen MR) is 149 cm³/mol. The summed E-state index contributed by atoms with van der Waals surface area (Å²) in [6.45, 7) is 1.76. The van der Waals surface area contributed by atoms with Crippen LogP contribution >= 0.6 is 46.3 Å². The van der Waals surface area contributed by atoms with Gasteiger partial charge in [0.25, 0.3) is 11.6 Å². The van der Waals surface area contributed by atoms with Gasteiger partial charge in [-0.25, -0.2) is 4.98 Å². The third-order valence-electron chi connectivity index (χ3n) is 5.04. The van der Waals surface area contributed by atoms with E-state index < -0.39 is 10.2 Å². The van der Waals surface area contributed by atoms with Gasteiger partial charge in [0.2, 0.25) is 5.91 Å². The third-order valence-corrected chi connectivity index (χ3v) is 7.44. The number of non-ortho nitro benzene ring substituents is 1. The van der Waals surface area contributed by atoms with E-state index in [1.165, 1.54) is 41.3 Å². The Bertz CT molecular complexity index is 1500. The second-order valence-electron chi connectivity index (χ2n) is 7.70. The van der Waals surface area contributed by atoms with Crippen LogP contribution in [0.25, 0.3) is 11.3 Å².